The number of carbonyl (C=O) groups is 6. The van der Waals surface area contributed by atoms with Crippen LogP contribution in [-0.2, 0) is 55.0 Å². The summed E-state index contributed by atoms with van der Waals surface area (Å²) in [5.41, 5.74) is 0.359. The lowest BCUT2D eigenvalue weighted by molar-refractivity contribution is -0.271. The molecule has 0 saturated carbocycles. The van der Waals surface area contributed by atoms with E-state index in [0.717, 1.165) is 17.1 Å². The number of rotatable bonds is 21. The number of nitrogens with one attached hydrogen (secondary N) is 2. The van der Waals surface area contributed by atoms with Crippen molar-refractivity contribution in [2.45, 2.75) is 88.8 Å². The van der Waals surface area contributed by atoms with E-state index in [2.05, 4.69) is 10.6 Å². The average Bonchev–Trinajstić information content (AvgIpc) is 3.42. The molecule has 20 nitrogen and oxygen atoms in total. The monoisotopic (exact) mass is 773 g/mol. The number of hydrogen-bond acceptors (Lipinski definition) is 15. The number of hydrogen-bond donors (Lipinski definition) is 7. The molecule has 2 heterocycles. The lowest BCUT2D eigenvalue weighted by Gasteiger charge is -2.38. The van der Waals surface area contributed by atoms with Gasteiger partial charge in [-0.1, -0.05) is 13.3 Å². The topological polar surface area (TPSA) is 302 Å². The molecule has 3 rings (SSSR count). The fourth-order valence-electron chi connectivity index (χ4n) is 5.04. The molecular weight excluding hydrogens is 730 g/mol. The summed E-state index contributed by atoms with van der Waals surface area (Å²) in [5, 5.41) is 44.3. The summed E-state index contributed by atoms with van der Waals surface area (Å²) < 4.78 is 54.1. The Bertz CT molecular complexity index is 1620. The number of esters is 1. The number of aliphatic hydroxyl groups is 3. The number of carboxylic acid groups (broad SMARTS) is 1. The van der Waals surface area contributed by atoms with E-state index in [-0.39, 0.29) is 57.1 Å². The summed E-state index contributed by atoms with van der Waals surface area (Å²) >= 11 is 0. The highest BCUT2D eigenvalue weighted by Crippen LogP contribution is 2.30. The van der Waals surface area contributed by atoms with Crippen LogP contribution in [0.2, 0.25) is 0 Å². The summed E-state index contributed by atoms with van der Waals surface area (Å²) in [6, 6.07) is 2.49. The van der Waals surface area contributed by atoms with Crippen LogP contribution in [0, 0.1) is 0 Å². The molecule has 0 bridgehead atoms. The molecule has 1 fully saturated rings. The number of carboxylic acids is 1. The van der Waals surface area contributed by atoms with Gasteiger partial charge in [0.1, 0.15) is 48.2 Å². The van der Waals surface area contributed by atoms with Gasteiger partial charge in [-0.2, -0.15) is 8.42 Å². The Morgan fingerprint density at radius 1 is 0.981 bits per heavy atom. The van der Waals surface area contributed by atoms with Crippen molar-refractivity contribution in [1.82, 2.24) is 15.5 Å². The molecule has 1 unspecified atom stereocenters. The van der Waals surface area contributed by atoms with Crippen LogP contribution < -0.4 is 20.1 Å². The maximum atomic E-state index is 12.8. The first kappa shape index (κ1) is 42.7. The minimum absolute atomic E-state index is 0.0338. The fraction of sp³-hybridized carbons (Fsp3) is 0.562. The predicted molar refractivity (Wildman–Crippen MR) is 177 cm³/mol. The fourth-order valence-corrected chi connectivity index (χ4v) is 5.69. The Morgan fingerprint density at radius 3 is 2.32 bits per heavy atom. The Kier molecular flexibility index (Phi) is 16.1. The van der Waals surface area contributed by atoms with Crippen molar-refractivity contribution in [2.24, 2.45) is 0 Å². The maximum absolute atomic E-state index is 12.8. The zero-order chi connectivity index (χ0) is 39.3. The van der Waals surface area contributed by atoms with E-state index in [4.69, 9.17) is 18.9 Å². The molecule has 53 heavy (non-hydrogen) atoms. The predicted octanol–water partition coefficient (Wildman–Crippen LogP) is -1.85. The van der Waals surface area contributed by atoms with Crippen LogP contribution in [0.5, 0.6) is 11.5 Å². The van der Waals surface area contributed by atoms with Gasteiger partial charge in [0, 0.05) is 49.7 Å². The quantitative estimate of drug-likeness (QED) is 0.0312. The normalized spacial score (nSPS) is 21.9. The highest BCUT2D eigenvalue weighted by Gasteiger charge is 2.48. The van der Waals surface area contributed by atoms with Gasteiger partial charge < -0.3 is 50.0 Å². The molecule has 1 aromatic rings. The van der Waals surface area contributed by atoms with Crippen LogP contribution >= 0.6 is 0 Å². The van der Waals surface area contributed by atoms with Crippen LogP contribution in [0.1, 0.15) is 51.0 Å². The number of amides is 4. The Balaban J connectivity index is 1.54. The minimum atomic E-state index is -4.69. The van der Waals surface area contributed by atoms with Gasteiger partial charge in [-0.05, 0) is 31.4 Å². The largest absolute Gasteiger partial charge is 0.493 e. The molecule has 7 N–H and O–H groups in total. The third-order valence-electron chi connectivity index (χ3n) is 7.87. The second kappa shape index (κ2) is 20.0. The second-order valence-corrected chi connectivity index (χ2v) is 13.5. The molecule has 6 atom stereocenters. The molecule has 2 aliphatic heterocycles. The van der Waals surface area contributed by atoms with Crippen molar-refractivity contribution in [2.75, 3.05) is 25.4 Å². The number of carbonyl (C=O) groups excluding carboxylic acids is 5. The molecular formula is C32H43N3O17S. The molecule has 0 radical (unpaired) electrons. The van der Waals surface area contributed by atoms with Crippen LogP contribution in [-0.4, -0.2) is 136 Å². The molecule has 21 heteroatoms. The number of benzene rings is 1. The summed E-state index contributed by atoms with van der Waals surface area (Å²) in [4.78, 5) is 72.7. The first-order valence-electron chi connectivity index (χ1n) is 16.6. The van der Waals surface area contributed by atoms with Gasteiger partial charge in [-0.25, -0.2) is 4.79 Å². The molecule has 1 aromatic carbocycles. The molecule has 1 saturated heterocycles. The lowest BCUT2D eigenvalue weighted by Crippen LogP contribution is -2.61. The second-order valence-electron chi connectivity index (χ2n) is 12.0. The Hall–Kier alpha value is -4.67. The maximum Gasteiger partial charge on any atom is 0.335 e. The zero-order valence-corrected chi connectivity index (χ0v) is 29.4. The van der Waals surface area contributed by atoms with Crippen molar-refractivity contribution in [1.29, 1.82) is 0 Å². The molecule has 0 aromatic heterocycles. The van der Waals surface area contributed by atoms with E-state index in [1.165, 1.54) is 18.2 Å². The van der Waals surface area contributed by atoms with Crippen molar-refractivity contribution in [3.63, 3.8) is 0 Å². The summed E-state index contributed by atoms with van der Waals surface area (Å²) in [6.07, 6.45) is -5.69. The number of nitrogens with zero attached hydrogens (tertiary/aromatic N) is 1. The number of ether oxygens (including phenoxy) is 4. The van der Waals surface area contributed by atoms with Crippen LogP contribution in [0.15, 0.2) is 30.4 Å². The number of aliphatic hydroxyl groups excluding tert-OH is 3. The summed E-state index contributed by atoms with van der Waals surface area (Å²) in [6.45, 7) is 1.36. The van der Waals surface area contributed by atoms with Crippen molar-refractivity contribution in [3.05, 3.63) is 35.9 Å². The number of unbranched alkanes of at least 4 members (excludes halogenated alkanes) is 2. The highest BCUT2D eigenvalue weighted by atomic mass is 32.2. The summed E-state index contributed by atoms with van der Waals surface area (Å²) in [7, 11) is -4.69. The van der Waals surface area contributed by atoms with Gasteiger partial charge in [0.05, 0.1) is 6.61 Å². The van der Waals surface area contributed by atoms with E-state index in [0.29, 0.717) is 24.8 Å². The average molecular weight is 774 g/mol. The van der Waals surface area contributed by atoms with Gasteiger partial charge in [-0.3, -0.25) is 33.4 Å². The number of imide groups is 1. The Morgan fingerprint density at radius 2 is 1.68 bits per heavy atom. The van der Waals surface area contributed by atoms with Crippen molar-refractivity contribution in [3.8, 4) is 11.5 Å². The molecule has 0 spiro atoms. The molecule has 2 aliphatic rings. The van der Waals surface area contributed by atoms with E-state index >= 15 is 0 Å². The third-order valence-corrected chi connectivity index (χ3v) is 8.63. The van der Waals surface area contributed by atoms with E-state index in [1.807, 2.05) is 0 Å². The van der Waals surface area contributed by atoms with E-state index in [9.17, 15) is 62.2 Å². The molecule has 0 aliphatic carbocycles. The highest BCUT2D eigenvalue weighted by molar-refractivity contribution is 7.85. The van der Waals surface area contributed by atoms with E-state index in [1.54, 1.807) is 6.92 Å². The van der Waals surface area contributed by atoms with Crippen molar-refractivity contribution >= 4 is 45.7 Å². The Labute approximate surface area is 303 Å². The van der Waals surface area contributed by atoms with Gasteiger partial charge in [0.2, 0.25) is 18.1 Å². The van der Waals surface area contributed by atoms with E-state index < -0.39 is 88.2 Å². The smallest absolute Gasteiger partial charge is 0.335 e. The van der Waals surface area contributed by atoms with Crippen molar-refractivity contribution < 1.29 is 81.1 Å². The van der Waals surface area contributed by atoms with Gasteiger partial charge in [-0.15, -0.1) is 0 Å². The standard InChI is InChI=1S/C32H43N3O17S/c1-2-25(39)50-16-18-8-9-19(51-32-28(42)26(40)27(41)29(52-32)31(44)45)15-21(18)49-14-6-12-33-30(43)20(17-53(46,47)48)34-22(36)7-4-3-5-13-35-23(37)10-11-24(35)38/h8-11,15,20,26-29,32,40-42H,2-7,12-14,16-17H2,1H3,(H,33,43)(H,34,36)(H,44,45)(H,46,47,48)/t20?,26-,27-,28+,29-,32+/m0/s1. The minimum Gasteiger partial charge on any atom is -0.493 e. The lowest BCUT2D eigenvalue weighted by atomic mass is 9.99. The van der Waals surface area contributed by atoms with Crippen LogP contribution in [0.3, 0.4) is 0 Å². The van der Waals surface area contributed by atoms with Crippen LogP contribution in [0.4, 0.5) is 0 Å². The van der Waals surface area contributed by atoms with Gasteiger partial charge in [0.25, 0.3) is 21.9 Å². The van der Waals surface area contributed by atoms with Crippen LogP contribution in [0.25, 0.3) is 0 Å². The zero-order valence-electron chi connectivity index (χ0n) is 28.6. The molecule has 4 amide bonds. The first-order valence-corrected chi connectivity index (χ1v) is 18.2. The first-order chi connectivity index (χ1) is 25.0. The molecule has 294 valence electrons. The number of aliphatic carboxylic acids is 1. The van der Waals surface area contributed by atoms with Gasteiger partial charge >= 0.3 is 11.9 Å². The third kappa shape index (κ3) is 13.4. The SMILES string of the molecule is CCC(=O)OCc1ccc(O[C@@H]2O[C@H](C(=O)O)[C@@H](O)[C@H](O)[C@H]2O)cc1OCCCNC(=O)C(CS(=O)(=O)O)NC(=O)CCCCCN1C(=O)C=CC1=O. The van der Waals surface area contributed by atoms with Gasteiger partial charge in [0.15, 0.2) is 6.10 Å². The summed E-state index contributed by atoms with van der Waals surface area (Å²) in [5.74, 6) is -5.57.